The zero-order valence-corrected chi connectivity index (χ0v) is 13.8. The van der Waals surface area contributed by atoms with Crippen molar-refractivity contribution >= 4 is 5.91 Å². The number of ether oxygens (including phenoxy) is 1. The summed E-state index contributed by atoms with van der Waals surface area (Å²) in [6.07, 6.45) is 7.75. The molecule has 0 aliphatic carbocycles. The van der Waals surface area contributed by atoms with Gasteiger partial charge in [-0.3, -0.25) is 19.4 Å². The number of hydrogen-bond acceptors (Lipinski definition) is 6. The molecule has 2 aromatic rings. The van der Waals surface area contributed by atoms with Crippen molar-refractivity contribution < 1.29 is 9.53 Å². The van der Waals surface area contributed by atoms with E-state index in [4.69, 9.17) is 10.5 Å². The molecule has 1 unspecified atom stereocenters. The van der Waals surface area contributed by atoms with Gasteiger partial charge in [-0.2, -0.15) is 5.10 Å². The molecule has 1 fully saturated rings. The van der Waals surface area contributed by atoms with E-state index in [1.165, 1.54) is 11.8 Å². The summed E-state index contributed by atoms with van der Waals surface area (Å²) in [5.41, 5.74) is 7.42. The number of aryl methyl sites for hydroxylation is 1. The lowest BCUT2D eigenvalue weighted by atomic mass is 10.0. The Hall–Kier alpha value is -2.32. The average molecular weight is 330 g/mol. The first-order valence-corrected chi connectivity index (χ1v) is 7.98. The van der Waals surface area contributed by atoms with Crippen LogP contribution in [0.25, 0.3) is 0 Å². The molecule has 1 saturated heterocycles. The molecule has 3 rings (SSSR count). The van der Waals surface area contributed by atoms with Crippen LogP contribution < -0.4 is 5.73 Å². The summed E-state index contributed by atoms with van der Waals surface area (Å²) < 4.78 is 7.55. The maximum Gasteiger partial charge on any atom is 0.268 e. The standard InChI is InChI=1S/C16H22N6O2/c1-21-8-13(5-20-21)10-22-2-3-24-11-12(9-22)4-14-6-19-15(7-18-14)16(17)23/h5-8,12H,2-4,9-11H2,1H3,(H2,17,23). The maximum absolute atomic E-state index is 11.1. The molecule has 8 heteroatoms. The third-order valence-corrected chi connectivity index (χ3v) is 4.04. The molecule has 0 aromatic carbocycles. The van der Waals surface area contributed by atoms with E-state index >= 15 is 0 Å². The third kappa shape index (κ3) is 4.36. The Balaban J connectivity index is 1.60. The van der Waals surface area contributed by atoms with Gasteiger partial charge >= 0.3 is 0 Å². The number of hydrogen-bond donors (Lipinski definition) is 1. The van der Waals surface area contributed by atoms with Crippen LogP contribution in [0.5, 0.6) is 0 Å². The lowest BCUT2D eigenvalue weighted by Crippen LogP contribution is -2.30. The minimum absolute atomic E-state index is 0.189. The van der Waals surface area contributed by atoms with Gasteiger partial charge in [-0.25, -0.2) is 4.98 Å². The lowest BCUT2D eigenvalue weighted by molar-refractivity contribution is 0.0995. The van der Waals surface area contributed by atoms with Crippen molar-refractivity contribution in [1.29, 1.82) is 0 Å². The monoisotopic (exact) mass is 330 g/mol. The first kappa shape index (κ1) is 16.5. The lowest BCUT2D eigenvalue weighted by Gasteiger charge is -2.22. The summed E-state index contributed by atoms with van der Waals surface area (Å²) in [6, 6.07) is 0. The Bertz CT molecular complexity index is 684. The van der Waals surface area contributed by atoms with Crippen LogP contribution in [-0.4, -0.2) is 56.9 Å². The van der Waals surface area contributed by atoms with E-state index in [2.05, 4.69) is 20.0 Å². The normalized spacial score (nSPS) is 19.1. The summed E-state index contributed by atoms with van der Waals surface area (Å²) in [6.45, 7) is 4.11. The zero-order chi connectivity index (χ0) is 16.9. The van der Waals surface area contributed by atoms with Crippen LogP contribution >= 0.6 is 0 Å². The summed E-state index contributed by atoms with van der Waals surface area (Å²) in [5, 5.41) is 4.22. The van der Waals surface area contributed by atoms with Gasteiger partial charge in [0.2, 0.25) is 0 Å². The molecular formula is C16H22N6O2. The van der Waals surface area contributed by atoms with E-state index in [0.717, 1.165) is 38.4 Å². The van der Waals surface area contributed by atoms with Crippen LogP contribution in [0, 0.1) is 5.92 Å². The van der Waals surface area contributed by atoms with Crippen LogP contribution in [0.1, 0.15) is 21.7 Å². The first-order chi connectivity index (χ1) is 11.6. The molecule has 24 heavy (non-hydrogen) atoms. The first-order valence-electron chi connectivity index (χ1n) is 7.98. The SMILES string of the molecule is Cn1cc(CN2CCOCC(Cc3cnc(C(N)=O)cn3)C2)cn1. The van der Waals surface area contributed by atoms with Crippen LogP contribution in [0.4, 0.5) is 0 Å². The minimum Gasteiger partial charge on any atom is -0.380 e. The fourth-order valence-electron chi connectivity index (χ4n) is 2.91. The van der Waals surface area contributed by atoms with Gasteiger partial charge in [0, 0.05) is 50.6 Å². The van der Waals surface area contributed by atoms with Crippen molar-refractivity contribution in [3.8, 4) is 0 Å². The highest BCUT2D eigenvalue weighted by molar-refractivity contribution is 5.90. The van der Waals surface area contributed by atoms with E-state index < -0.39 is 5.91 Å². The Kier molecular flexibility index (Phi) is 5.17. The molecule has 1 aliphatic heterocycles. The summed E-state index contributed by atoms with van der Waals surface area (Å²) in [5.74, 6) is -0.229. The van der Waals surface area contributed by atoms with Gasteiger partial charge < -0.3 is 10.5 Å². The quantitative estimate of drug-likeness (QED) is 0.828. The summed E-state index contributed by atoms with van der Waals surface area (Å²) in [4.78, 5) is 21.8. The Labute approximate surface area is 140 Å². The molecule has 1 aliphatic rings. The van der Waals surface area contributed by atoms with Gasteiger partial charge in [0.1, 0.15) is 5.69 Å². The zero-order valence-electron chi connectivity index (χ0n) is 13.8. The molecule has 0 bridgehead atoms. The molecular weight excluding hydrogens is 308 g/mol. The summed E-state index contributed by atoms with van der Waals surface area (Å²) >= 11 is 0. The average Bonchev–Trinajstić information content (AvgIpc) is 2.83. The highest BCUT2D eigenvalue weighted by Crippen LogP contribution is 2.14. The highest BCUT2D eigenvalue weighted by Gasteiger charge is 2.20. The number of primary amides is 1. The largest absolute Gasteiger partial charge is 0.380 e. The predicted octanol–water partition coefficient (Wildman–Crippen LogP) is 0.000100. The van der Waals surface area contributed by atoms with Crippen molar-refractivity contribution in [2.75, 3.05) is 26.3 Å². The number of rotatable bonds is 5. The van der Waals surface area contributed by atoms with E-state index in [0.29, 0.717) is 12.5 Å². The summed E-state index contributed by atoms with van der Waals surface area (Å²) in [7, 11) is 1.92. The van der Waals surface area contributed by atoms with Gasteiger partial charge in [-0.15, -0.1) is 0 Å². The van der Waals surface area contributed by atoms with Crippen LogP contribution in [-0.2, 0) is 24.8 Å². The molecule has 1 amide bonds. The van der Waals surface area contributed by atoms with Crippen molar-refractivity contribution in [2.45, 2.75) is 13.0 Å². The molecule has 0 radical (unpaired) electrons. The second-order valence-corrected chi connectivity index (χ2v) is 6.16. The van der Waals surface area contributed by atoms with Crippen LogP contribution in [0.15, 0.2) is 24.8 Å². The number of nitrogens with zero attached hydrogens (tertiary/aromatic N) is 5. The van der Waals surface area contributed by atoms with Gasteiger partial charge in [-0.05, 0) is 6.42 Å². The topological polar surface area (TPSA) is 99.2 Å². The number of aromatic nitrogens is 4. The van der Waals surface area contributed by atoms with Crippen LogP contribution in [0.2, 0.25) is 0 Å². The molecule has 3 heterocycles. The predicted molar refractivity (Wildman–Crippen MR) is 87.0 cm³/mol. The maximum atomic E-state index is 11.1. The smallest absolute Gasteiger partial charge is 0.268 e. The second kappa shape index (κ2) is 7.50. The molecule has 8 nitrogen and oxygen atoms in total. The number of amides is 1. The van der Waals surface area contributed by atoms with Crippen molar-refractivity contribution in [3.05, 3.63) is 41.7 Å². The third-order valence-electron chi connectivity index (χ3n) is 4.04. The van der Waals surface area contributed by atoms with E-state index in [1.54, 1.807) is 6.20 Å². The highest BCUT2D eigenvalue weighted by atomic mass is 16.5. The fraction of sp³-hybridized carbons (Fsp3) is 0.500. The van der Waals surface area contributed by atoms with E-state index in [1.807, 2.05) is 24.1 Å². The number of carbonyl (C=O) groups excluding carboxylic acids is 1. The Morgan fingerprint density at radius 1 is 1.38 bits per heavy atom. The van der Waals surface area contributed by atoms with Crippen molar-refractivity contribution in [2.24, 2.45) is 18.7 Å². The molecule has 0 saturated carbocycles. The fourth-order valence-corrected chi connectivity index (χ4v) is 2.91. The molecule has 0 spiro atoms. The Morgan fingerprint density at radius 3 is 2.92 bits per heavy atom. The van der Waals surface area contributed by atoms with Gasteiger partial charge in [0.25, 0.3) is 5.91 Å². The van der Waals surface area contributed by atoms with Gasteiger partial charge in [0.05, 0.1) is 31.3 Å². The van der Waals surface area contributed by atoms with E-state index in [9.17, 15) is 4.79 Å². The second-order valence-electron chi connectivity index (χ2n) is 6.16. The molecule has 2 aromatic heterocycles. The number of nitrogens with two attached hydrogens (primary N) is 1. The molecule has 128 valence electrons. The van der Waals surface area contributed by atoms with Gasteiger partial charge in [0.15, 0.2) is 0 Å². The molecule has 1 atom stereocenters. The molecule has 2 N–H and O–H groups in total. The van der Waals surface area contributed by atoms with Crippen LogP contribution in [0.3, 0.4) is 0 Å². The number of carbonyl (C=O) groups is 1. The minimum atomic E-state index is -0.561. The van der Waals surface area contributed by atoms with Gasteiger partial charge in [-0.1, -0.05) is 0 Å². The van der Waals surface area contributed by atoms with E-state index in [-0.39, 0.29) is 5.69 Å². The Morgan fingerprint density at radius 2 is 2.25 bits per heavy atom. The van der Waals surface area contributed by atoms with Crippen molar-refractivity contribution in [3.63, 3.8) is 0 Å². The van der Waals surface area contributed by atoms with Crippen molar-refractivity contribution in [1.82, 2.24) is 24.6 Å².